The van der Waals surface area contributed by atoms with Crippen molar-refractivity contribution in [3.05, 3.63) is 50.8 Å². The van der Waals surface area contributed by atoms with Crippen LogP contribution in [0, 0.1) is 0 Å². The van der Waals surface area contributed by atoms with E-state index in [1.807, 2.05) is 0 Å². The molecule has 1 unspecified atom stereocenters. The maximum atomic E-state index is 12.1. The molecule has 0 amide bonds. The van der Waals surface area contributed by atoms with Crippen molar-refractivity contribution >= 4 is 31.9 Å². The standard InChI is InChI=1S/C12H7Br2F3O3/c13-8-5-9(19-11(8)14)10(18)6-2-1-3-7(4-6)20-12(15,16)17/h1-5,10,18H. The molecule has 0 aliphatic rings. The van der Waals surface area contributed by atoms with Crippen molar-refractivity contribution in [3.8, 4) is 5.75 Å². The monoisotopic (exact) mass is 414 g/mol. The summed E-state index contributed by atoms with van der Waals surface area (Å²) in [6.07, 6.45) is -5.98. The third kappa shape index (κ3) is 3.77. The first-order valence-corrected chi connectivity index (χ1v) is 6.83. The van der Waals surface area contributed by atoms with Gasteiger partial charge in [0.1, 0.15) is 17.6 Å². The molecule has 0 aliphatic carbocycles. The average Bonchev–Trinajstić information content (AvgIpc) is 2.67. The smallest absolute Gasteiger partial charge is 0.450 e. The lowest BCUT2D eigenvalue weighted by atomic mass is 10.1. The van der Waals surface area contributed by atoms with E-state index in [9.17, 15) is 18.3 Å². The van der Waals surface area contributed by atoms with Crippen LogP contribution in [0.2, 0.25) is 0 Å². The summed E-state index contributed by atoms with van der Waals surface area (Å²) in [5.74, 6) is -0.216. The van der Waals surface area contributed by atoms with Gasteiger partial charge in [-0.05, 0) is 55.6 Å². The molecule has 0 bridgehead atoms. The van der Waals surface area contributed by atoms with E-state index in [1.54, 1.807) is 0 Å². The molecule has 0 saturated heterocycles. The number of rotatable bonds is 3. The zero-order valence-electron chi connectivity index (χ0n) is 9.62. The van der Waals surface area contributed by atoms with E-state index in [1.165, 1.54) is 18.2 Å². The molecule has 0 fully saturated rings. The summed E-state index contributed by atoms with van der Waals surface area (Å²) in [5, 5.41) is 10.1. The van der Waals surface area contributed by atoms with Gasteiger partial charge in [-0.1, -0.05) is 12.1 Å². The van der Waals surface area contributed by atoms with E-state index >= 15 is 0 Å². The highest BCUT2D eigenvalue weighted by Crippen LogP contribution is 2.34. The predicted octanol–water partition coefficient (Wildman–Crippen LogP) is 4.78. The Hall–Kier alpha value is -0.990. The summed E-state index contributed by atoms with van der Waals surface area (Å²) in [6.45, 7) is 0. The average molecular weight is 416 g/mol. The fourth-order valence-electron chi connectivity index (χ4n) is 1.54. The number of hydrogen-bond donors (Lipinski definition) is 1. The lowest BCUT2D eigenvalue weighted by Crippen LogP contribution is -2.17. The van der Waals surface area contributed by atoms with Crippen molar-refractivity contribution in [2.24, 2.45) is 0 Å². The Morgan fingerprint density at radius 3 is 2.45 bits per heavy atom. The molecule has 0 saturated carbocycles. The molecule has 1 atom stereocenters. The summed E-state index contributed by atoms with van der Waals surface area (Å²) in [7, 11) is 0. The van der Waals surface area contributed by atoms with E-state index in [0.29, 0.717) is 9.14 Å². The minimum absolute atomic E-state index is 0.188. The fraction of sp³-hybridized carbons (Fsp3) is 0.167. The molecule has 1 heterocycles. The van der Waals surface area contributed by atoms with Crippen LogP contribution in [0.25, 0.3) is 0 Å². The number of hydrogen-bond acceptors (Lipinski definition) is 3. The summed E-state index contributed by atoms with van der Waals surface area (Å²) in [5.41, 5.74) is 0.223. The molecule has 0 radical (unpaired) electrons. The van der Waals surface area contributed by atoms with Crippen LogP contribution in [0.4, 0.5) is 13.2 Å². The predicted molar refractivity (Wildman–Crippen MR) is 71.3 cm³/mol. The van der Waals surface area contributed by atoms with Gasteiger partial charge in [0.05, 0.1) is 4.47 Å². The zero-order chi connectivity index (χ0) is 14.9. The van der Waals surface area contributed by atoms with Crippen LogP contribution in [0.15, 0.2) is 43.9 Å². The first-order valence-electron chi connectivity index (χ1n) is 5.25. The number of aliphatic hydroxyl groups excluding tert-OH is 1. The van der Waals surface area contributed by atoms with Crippen LogP contribution < -0.4 is 4.74 Å². The van der Waals surface area contributed by atoms with Crippen LogP contribution in [-0.2, 0) is 0 Å². The van der Waals surface area contributed by atoms with Crippen molar-refractivity contribution in [1.29, 1.82) is 0 Å². The Morgan fingerprint density at radius 2 is 1.90 bits per heavy atom. The highest BCUT2D eigenvalue weighted by atomic mass is 79.9. The highest BCUT2D eigenvalue weighted by molar-refractivity contribution is 9.13. The summed E-state index contributed by atoms with van der Waals surface area (Å²) in [6, 6.07) is 6.59. The highest BCUT2D eigenvalue weighted by Gasteiger charge is 2.31. The Kier molecular flexibility index (Phi) is 4.46. The molecule has 2 rings (SSSR count). The molecule has 1 N–H and O–H groups in total. The van der Waals surface area contributed by atoms with Crippen LogP contribution in [0.3, 0.4) is 0 Å². The Bertz CT molecular complexity index is 591. The first-order chi connectivity index (χ1) is 9.26. The maximum absolute atomic E-state index is 12.1. The molecule has 3 nitrogen and oxygen atoms in total. The molecule has 0 spiro atoms. The van der Waals surface area contributed by atoms with Gasteiger partial charge < -0.3 is 14.3 Å². The van der Waals surface area contributed by atoms with Gasteiger partial charge in [0.15, 0.2) is 4.67 Å². The van der Waals surface area contributed by atoms with Gasteiger partial charge in [-0.3, -0.25) is 0 Å². The number of furan rings is 1. The number of aliphatic hydroxyl groups is 1. The van der Waals surface area contributed by atoms with Gasteiger partial charge in [-0.2, -0.15) is 0 Å². The third-order valence-electron chi connectivity index (χ3n) is 2.34. The summed E-state index contributed by atoms with van der Waals surface area (Å²) >= 11 is 6.30. The van der Waals surface area contributed by atoms with Gasteiger partial charge >= 0.3 is 6.36 Å². The molecule has 1 aromatic carbocycles. The van der Waals surface area contributed by atoms with E-state index in [0.717, 1.165) is 12.1 Å². The van der Waals surface area contributed by atoms with E-state index in [-0.39, 0.29) is 11.3 Å². The molecule has 1 aromatic heterocycles. The van der Waals surface area contributed by atoms with Crippen LogP contribution in [0.1, 0.15) is 17.4 Å². The van der Waals surface area contributed by atoms with Crippen molar-refractivity contribution < 1.29 is 27.4 Å². The second kappa shape index (κ2) is 5.79. The second-order valence-electron chi connectivity index (χ2n) is 3.79. The molecule has 2 aromatic rings. The van der Waals surface area contributed by atoms with Gasteiger partial charge in [0, 0.05) is 0 Å². The quantitative estimate of drug-likeness (QED) is 0.784. The number of ether oxygens (including phenoxy) is 1. The van der Waals surface area contributed by atoms with Gasteiger partial charge in [0.25, 0.3) is 0 Å². The second-order valence-corrected chi connectivity index (χ2v) is 5.37. The topological polar surface area (TPSA) is 42.6 Å². The molecular formula is C12H7Br2F3O3. The lowest BCUT2D eigenvalue weighted by Gasteiger charge is -2.12. The summed E-state index contributed by atoms with van der Waals surface area (Å²) in [4.78, 5) is 0. The SMILES string of the molecule is OC(c1cccc(OC(F)(F)F)c1)c1cc(Br)c(Br)o1. The molecule has 8 heteroatoms. The van der Waals surface area contributed by atoms with Gasteiger partial charge in [-0.25, -0.2) is 0 Å². The zero-order valence-corrected chi connectivity index (χ0v) is 12.8. The molecule has 0 aliphatic heterocycles. The van der Waals surface area contributed by atoms with Crippen LogP contribution in [0.5, 0.6) is 5.75 Å². The van der Waals surface area contributed by atoms with Crippen molar-refractivity contribution in [1.82, 2.24) is 0 Å². The van der Waals surface area contributed by atoms with Crippen LogP contribution >= 0.6 is 31.9 Å². The minimum atomic E-state index is -4.78. The van der Waals surface area contributed by atoms with Crippen molar-refractivity contribution in [2.75, 3.05) is 0 Å². The molecule has 108 valence electrons. The fourth-order valence-corrected chi connectivity index (χ4v) is 2.15. The van der Waals surface area contributed by atoms with Gasteiger partial charge in [0.2, 0.25) is 0 Å². The first kappa shape index (κ1) is 15.4. The van der Waals surface area contributed by atoms with E-state index < -0.39 is 18.2 Å². The Morgan fingerprint density at radius 1 is 1.20 bits per heavy atom. The van der Waals surface area contributed by atoms with E-state index in [2.05, 4.69) is 36.6 Å². The normalized spacial score (nSPS) is 13.3. The summed E-state index contributed by atoms with van der Waals surface area (Å²) < 4.78 is 46.4. The van der Waals surface area contributed by atoms with Crippen molar-refractivity contribution in [2.45, 2.75) is 12.5 Å². The van der Waals surface area contributed by atoms with E-state index in [4.69, 9.17) is 4.42 Å². The van der Waals surface area contributed by atoms with Crippen molar-refractivity contribution in [3.63, 3.8) is 0 Å². The minimum Gasteiger partial charge on any atom is -0.450 e. The number of benzene rings is 1. The number of halogens is 5. The Labute approximate surface area is 128 Å². The van der Waals surface area contributed by atoms with Gasteiger partial charge in [-0.15, -0.1) is 13.2 Å². The maximum Gasteiger partial charge on any atom is 0.573 e. The Balaban J connectivity index is 2.26. The molecular weight excluding hydrogens is 409 g/mol. The molecule has 20 heavy (non-hydrogen) atoms. The lowest BCUT2D eigenvalue weighted by molar-refractivity contribution is -0.274. The third-order valence-corrected chi connectivity index (χ3v) is 4.05. The number of alkyl halides is 3. The van der Waals surface area contributed by atoms with Crippen LogP contribution in [-0.4, -0.2) is 11.5 Å². The largest absolute Gasteiger partial charge is 0.573 e.